The minimum Gasteiger partial charge on any atom is -0.508 e. The number of benzene rings is 1. The lowest BCUT2D eigenvalue weighted by atomic mass is 9.98. The molecule has 0 spiro atoms. The second-order valence-corrected chi connectivity index (χ2v) is 5.54. The van der Waals surface area contributed by atoms with Crippen molar-refractivity contribution in [1.82, 2.24) is 4.90 Å². The molecule has 4 heteroatoms. The van der Waals surface area contributed by atoms with Crippen molar-refractivity contribution in [3.8, 4) is 5.75 Å². The molecule has 1 aromatic carbocycles. The van der Waals surface area contributed by atoms with Gasteiger partial charge < -0.3 is 10.0 Å². The number of rotatable bonds is 2. The van der Waals surface area contributed by atoms with Gasteiger partial charge in [0.1, 0.15) is 5.75 Å². The second kappa shape index (κ2) is 5.74. The molecule has 1 aromatic rings. The lowest BCUT2D eigenvalue weighted by Crippen LogP contribution is -2.39. The molecule has 0 atom stereocenters. The van der Waals surface area contributed by atoms with Gasteiger partial charge in [-0.05, 0) is 49.4 Å². The Morgan fingerprint density at radius 3 is 2.67 bits per heavy atom. The second-order valence-electron chi connectivity index (χ2n) is 4.89. The highest BCUT2D eigenvalue weighted by Crippen LogP contribution is 2.22. The van der Waals surface area contributed by atoms with Crippen molar-refractivity contribution in [3.63, 3.8) is 0 Å². The highest BCUT2D eigenvalue weighted by atomic mass is 79.9. The van der Waals surface area contributed by atoms with E-state index in [-0.39, 0.29) is 11.7 Å². The summed E-state index contributed by atoms with van der Waals surface area (Å²) in [6, 6.07) is 4.92. The Bertz CT molecular complexity index is 439. The van der Waals surface area contributed by atoms with Crippen molar-refractivity contribution in [2.75, 3.05) is 18.4 Å². The maximum atomic E-state index is 12.4. The Labute approximate surface area is 116 Å². The van der Waals surface area contributed by atoms with Gasteiger partial charge in [0.25, 0.3) is 5.91 Å². The van der Waals surface area contributed by atoms with Crippen molar-refractivity contribution in [3.05, 3.63) is 29.3 Å². The van der Waals surface area contributed by atoms with Gasteiger partial charge in [-0.25, -0.2) is 0 Å². The number of phenols is 1. The van der Waals surface area contributed by atoms with Gasteiger partial charge in [0, 0.05) is 24.0 Å². The number of phenolic OH excluding ortho intramolecular Hbond substituents is 1. The number of hydrogen-bond donors (Lipinski definition) is 1. The molecular formula is C14H18BrNO2. The summed E-state index contributed by atoms with van der Waals surface area (Å²) in [5, 5.41) is 10.4. The molecule has 3 nitrogen and oxygen atoms in total. The predicted octanol–water partition coefficient (Wildman–Crippen LogP) is 2.95. The molecule has 0 radical (unpaired) electrons. The first-order valence-electron chi connectivity index (χ1n) is 6.26. The van der Waals surface area contributed by atoms with Gasteiger partial charge in [0.2, 0.25) is 0 Å². The van der Waals surface area contributed by atoms with E-state index in [2.05, 4.69) is 15.9 Å². The van der Waals surface area contributed by atoms with E-state index in [1.807, 2.05) is 11.8 Å². The van der Waals surface area contributed by atoms with Crippen LogP contribution in [0.25, 0.3) is 0 Å². The molecule has 18 heavy (non-hydrogen) atoms. The highest BCUT2D eigenvalue weighted by Gasteiger charge is 2.23. The Hall–Kier alpha value is -1.03. The number of likely N-dealkylation sites (tertiary alicyclic amines) is 1. The SMILES string of the molecule is Cc1cc(O)ccc1C(=O)N1CCC(CBr)CC1. The fourth-order valence-electron chi connectivity index (χ4n) is 2.35. The number of alkyl halides is 1. The zero-order valence-corrected chi connectivity index (χ0v) is 12.1. The molecule has 1 aliphatic rings. The number of amides is 1. The fraction of sp³-hybridized carbons (Fsp3) is 0.500. The minimum absolute atomic E-state index is 0.0838. The van der Waals surface area contributed by atoms with Crippen molar-refractivity contribution < 1.29 is 9.90 Å². The topological polar surface area (TPSA) is 40.5 Å². The summed E-state index contributed by atoms with van der Waals surface area (Å²) in [7, 11) is 0. The Kier molecular flexibility index (Phi) is 4.27. The van der Waals surface area contributed by atoms with Crippen LogP contribution in [0.3, 0.4) is 0 Å². The molecule has 1 saturated heterocycles. The van der Waals surface area contributed by atoms with E-state index in [9.17, 15) is 9.90 Å². The summed E-state index contributed by atoms with van der Waals surface area (Å²) in [5.74, 6) is 0.984. The number of carbonyl (C=O) groups is 1. The molecule has 2 rings (SSSR count). The number of nitrogens with zero attached hydrogens (tertiary/aromatic N) is 1. The molecule has 1 N–H and O–H groups in total. The van der Waals surface area contributed by atoms with Crippen LogP contribution in [0.15, 0.2) is 18.2 Å². The summed E-state index contributed by atoms with van der Waals surface area (Å²) in [6.45, 7) is 3.52. The smallest absolute Gasteiger partial charge is 0.254 e. The average molecular weight is 312 g/mol. The number of aromatic hydroxyl groups is 1. The third kappa shape index (κ3) is 2.86. The Morgan fingerprint density at radius 1 is 1.44 bits per heavy atom. The van der Waals surface area contributed by atoms with E-state index < -0.39 is 0 Å². The van der Waals surface area contributed by atoms with E-state index >= 15 is 0 Å². The van der Waals surface area contributed by atoms with Crippen molar-refractivity contribution in [2.45, 2.75) is 19.8 Å². The van der Waals surface area contributed by atoms with Gasteiger partial charge in [-0.2, -0.15) is 0 Å². The van der Waals surface area contributed by atoms with Crippen LogP contribution in [0, 0.1) is 12.8 Å². The average Bonchev–Trinajstić information content (AvgIpc) is 2.38. The van der Waals surface area contributed by atoms with Crippen LogP contribution in [-0.4, -0.2) is 34.3 Å². The summed E-state index contributed by atoms with van der Waals surface area (Å²) in [6.07, 6.45) is 2.13. The maximum Gasteiger partial charge on any atom is 0.254 e. The first kappa shape index (κ1) is 13.4. The van der Waals surface area contributed by atoms with Crippen LogP contribution >= 0.6 is 15.9 Å². The quantitative estimate of drug-likeness (QED) is 0.853. The fourth-order valence-corrected chi connectivity index (χ4v) is 3.00. The van der Waals surface area contributed by atoms with Crippen LogP contribution < -0.4 is 0 Å². The molecule has 1 amide bonds. The lowest BCUT2D eigenvalue weighted by molar-refractivity contribution is 0.0698. The molecule has 98 valence electrons. The number of carbonyl (C=O) groups excluding carboxylic acids is 1. The molecular weight excluding hydrogens is 294 g/mol. The third-order valence-corrected chi connectivity index (χ3v) is 4.48. The van der Waals surface area contributed by atoms with Crippen LogP contribution in [0.5, 0.6) is 5.75 Å². The first-order valence-corrected chi connectivity index (χ1v) is 7.39. The molecule has 0 saturated carbocycles. The van der Waals surface area contributed by atoms with E-state index in [0.717, 1.165) is 36.8 Å². The van der Waals surface area contributed by atoms with Gasteiger partial charge in [-0.3, -0.25) is 4.79 Å². The van der Waals surface area contributed by atoms with E-state index in [0.29, 0.717) is 11.5 Å². The Balaban J connectivity index is 2.08. The minimum atomic E-state index is 0.0838. The lowest BCUT2D eigenvalue weighted by Gasteiger charge is -2.31. The number of piperidine rings is 1. The van der Waals surface area contributed by atoms with Gasteiger partial charge in [-0.1, -0.05) is 15.9 Å². The molecule has 1 aliphatic heterocycles. The van der Waals surface area contributed by atoms with Gasteiger partial charge in [-0.15, -0.1) is 0 Å². The zero-order valence-electron chi connectivity index (χ0n) is 10.5. The van der Waals surface area contributed by atoms with E-state index in [4.69, 9.17) is 0 Å². The largest absolute Gasteiger partial charge is 0.508 e. The first-order chi connectivity index (χ1) is 8.61. The molecule has 0 bridgehead atoms. The predicted molar refractivity (Wildman–Crippen MR) is 75.3 cm³/mol. The molecule has 0 unspecified atom stereocenters. The van der Waals surface area contributed by atoms with Crippen LogP contribution in [0.1, 0.15) is 28.8 Å². The Morgan fingerprint density at radius 2 is 2.11 bits per heavy atom. The summed E-state index contributed by atoms with van der Waals surface area (Å²) < 4.78 is 0. The van der Waals surface area contributed by atoms with E-state index in [1.165, 1.54) is 0 Å². The van der Waals surface area contributed by atoms with Gasteiger partial charge in [0.05, 0.1) is 0 Å². The van der Waals surface area contributed by atoms with Crippen LogP contribution in [-0.2, 0) is 0 Å². The van der Waals surface area contributed by atoms with Crippen molar-refractivity contribution in [2.24, 2.45) is 5.92 Å². The zero-order chi connectivity index (χ0) is 13.1. The van der Waals surface area contributed by atoms with E-state index in [1.54, 1.807) is 18.2 Å². The van der Waals surface area contributed by atoms with Crippen LogP contribution in [0.4, 0.5) is 0 Å². The van der Waals surface area contributed by atoms with Crippen molar-refractivity contribution >= 4 is 21.8 Å². The third-order valence-electron chi connectivity index (χ3n) is 3.56. The summed E-state index contributed by atoms with van der Waals surface area (Å²) in [4.78, 5) is 14.3. The maximum absolute atomic E-state index is 12.4. The summed E-state index contributed by atoms with van der Waals surface area (Å²) >= 11 is 3.50. The van der Waals surface area contributed by atoms with Crippen LogP contribution in [0.2, 0.25) is 0 Å². The summed E-state index contributed by atoms with van der Waals surface area (Å²) in [5.41, 5.74) is 1.53. The number of aryl methyl sites for hydroxylation is 1. The van der Waals surface area contributed by atoms with Gasteiger partial charge >= 0.3 is 0 Å². The monoisotopic (exact) mass is 311 g/mol. The molecule has 0 aliphatic carbocycles. The molecule has 0 aromatic heterocycles. The standard InChI is InChI=1S/C14H18BrNO2/c1-10-8-12(17)2-3-13(10)14(18)16-6-4-11(9-15)5-7-16/h2-3,8,11,17H,4-7,9H2,1H3. The van der Waals surface area contributed by atoms with Crippen molar-refractivity contribution in [1.29, 1.82) is 0 Å². The van der Waals surface area contributed by atoms with Gasteiger partial charge in [0.15, 0.2) is 0 Å². The number of halogens is 1. The molecule has 1 fully saturated rings. The normalized spacial score (nSPS) is 16.9. The highest BCUT2D eigenvalue weighted by molar-refractivity contribution is 9.09. The number of hydrogen-bond acceptors (Lipinski definition) is 2. The molecule has 1 heterocycles.